The molecule has 1 heterocycles. The average molecular weight is 318 g/mol. The molecule has 1 aliphatic rings. The second-order valence-corrected chi connectivity index (χ2v) is 4.79. The normalized spacial score (nSPS) is 22.0. The van der Waals surface area contributed by atoms with E-state index in [1.807, 2.05) is 0 Å². The smallest absolute Gasteiger partial charge is 0.187 e. The van der Waals surface area contributed by atoms with Crippen LogP contribution in [0.5, 0.6) is 0 Å². The van der Waals surface area contributed by atoms with Gasteiger partial charge in [0.25, 0.3) is 0 Å². The van der Waals surface area contributed by atoms with E-state index in [-0.39, 0.29) is 6.10 Å². The summed E-state index contributed by atoms with van der Waals surface area (Å²) in [4.78, 5) is 0. The van der Waals surface area contributed by atoms with Crippen molar-refractivity contribution in [2.45, 2.75) is 26.2 Å². The van der Waals surface area contributed by atoms with Gasteiger partial charge in [-0.25, -0.2) is 0 Å². The maximum absolute atomic E-state index is 8.96. The van der Waals surface area contributed by atoms with Crippen LogP contribution in [0.4, 0.5) is 0 Å². The van der Waals surface area contributed by atoms with Crippen LogP contribution >= 0.6 is 24.4 Å². The Morgan fingerprint density at radius 2 is 1.65 bits per heavy atom. The zero-order valence-corrected chi connectivity index (χ0v) is 13.1. The molecule has 0 radical (unpaired) electrons. The number of hydrogen-bond acceptors (Lipinski definition) is 6. The number of rotatable bonds is 5. The van der Waals surface area contributed by atoms with Crippen LogP contribution in [0.3, 0.4) is 0 Å². The van der Waals surface area contributed by atoms with Gasteiger partial charge >= 0.3 is 0 Å². The molecule has 1 saturated heterocycles. The van der Waals surface area contributed by atoms with Crippen molar-refractivity contribution in [2.24, 2.45) is 10.2 Å². The van der Waals surface area contributed by atoms with Gasteiger partial charge in [0, 0.05) is 13.6 Å². The maximum Gasteiger partial charge on any atom is 0.187 e. The first kappa shape index (κ1) is 16.7. The van der Waals surface area contributed by atoms with E-state index in [4.69, 9.17) is 34.3 Å². The highest BCUT2D eigenvalue weighted by Gasteiger charge is 2.36. The number of aliphatic hydroxyl groups excluding tert-OH is 1. The number of nitrogens with zero attached hydrogens (tertiary/aromatic N) is 2. The van der Waals surface area contributed by atoms with Crippen LogP contribution in [0.15, 0.2) is 10.2 Å². The standard InChI is InChI=1S/C10H18N6O2S2/c1-5(13-15-9(19)11-3)6(2)14-16-10(20)12-4-7-8(17)18-7/h7-8,17H,4H2,1-3H3,(H2,11,15,19)(H2,12,16,20). The molecule has 2 unspecified atom stereocenters. The molecule has 0 amide bonds. The van der Waals surface area contributed by atoms with E-state index in [0.29, 0.717) is 28.2 Å². The van der Waals surface area contributed by atoms with Crippen molar-refractivity contribution in [1.29, 1.82) is 0 Å². The van der Waals surface area contributed by atoms with Crippen molar-refractivity contribution >= 4 is 46.1 Å². The monoisotopic (exact) mass is 318 g/mol. The highest BCUT2D eigenvalue weighted by atomic mass is 32.1. The predicted molar refractivity (Wildman–Crippen MR) is 85.6 cm³/mol. The number of thiocarbonyl (C=S) groups is 2. The minimum Gasteiger partial charge on any atom is -0.366 e. The fraction of sp³-hybridized carbons (Fsp3) is 0.600. The summed E-state index contributed by atoms with van der Waals surface area (Å²) >= 11 is 9.91. The van der Waals surface area contributed by atoms with Gasteiger partial charge in [0.15, 0.2) is 16.5 Å². The largest absolute Gasteiger partial charge is 0.366 e. The second-order valence-electron chi connectivity index (χ2n) is 3.97. The number of epoxide rings is 1. The summed E-state index contributed by atoms with van der Waals surface area (Å²) in [7, 11) is 1.70. The third-order valence-electron chi connectivity index (χ3n) is 2.42. The summed E-state index contributed by atoms with van der Waals surface area (Å²) in [6, 6.07) is 0. The van der Waals surface area contributed by atoms with Gasteiger partial charge in [-0.3, -0.25) is 10.9 Å². The molecule has 0 saturated carbocycles. The molecule has 0 spiro atoms. The molecule has 1 aliphatic heterocycles. The Balaban J connectivity index is 2.31. The van der Waals surface area contributed by atoms with Crippen LogP contribution in [0, 0.1) is 0 Å². The number of ether oxygens (including phenoxy) is 1. The Morgan fingerprint density at radius 1 is 1.15 bits per heavy atom. The Hall–Kier alpha value is -1.36. The van der Waals surface area contributed by atoms with Crippen LogP contribution in [0.25, 0.3) is 0 Å². The molecule has 0 aromatic carbocycles. The number of nitrogens with one attached hydrogen (secondary N) is 4. The fourth-order valence-electron chi connectivity index (χ4n) is 1.00. The molecule has 10 heteroatoms. The molecule has 112 valence electrons. The van der Waals surface area contributed by atoms with E-state index < -0.39 is 6.29 Å². The molecule has 1 fully saturated rings. The molecule has 0 aromatic rings. The number of hydrazone groups is 2. The topological polar surface area (TPSA) is 106 Å². The summed E-state index contributed by atoms with van der Waals surface area (Å²) in [6.07, 6.45) is -0.887. The lowest BCUT2D eigenvalue weighted by molar-refractivity contribution is 0.156. The summed E-state index contributed by atoms with van der Waals surface area (Å²) in [5.41, 5.74) is 6.66. The maximum atomic E-state index is 8.96. The van der Waals surface area contributed by atoms with E-state index in [9.17, 15) is 0 Å². The second kappa shape index (κ2) is 8.04. The van der Waals surface area contributed by atoms with Crippen molar-refractivity contribution in [3.63, 3.8) is 0 Å². The van der Waals surface area contributed by atoms with Gasteiger partial charge in [-0.2, -0.15) is 10.2 Å². The van der Waals surface area contributed by atoms with E-state index in [2.05, 4.69) is 31.7 Å². The van der Waals surface area contributed by atoms with E-state index in [1.54, 1.807) is 20.9 Å². The van der Waals surface area contributed by atoms with Crippen LogP contribution in [0.1, 0.15) is 13.8 Å². The Morgan fingerprint density at radius 3 is 2.10 bits per heavy atom. The summed E-state index contributed by atoms with van der Waals surface area (Å²) < 4.78 is 4.82. The van der Waals surface area contributed by atoms with E-state index >= 15 is 0 Å². The van der Waals surface area contributed by atoms with Crippen molar-refractivity contribution in [1.82, 2.24) is 21.5 Å². The third kappa shape index (κ3) is 6.19. The summed E-state index contributed by atoms with van der Waals surface area (Å²) in [5.74, 6) is 0. The molecule has 5 N–H and O–H groups in total. The summed E-state index contributed by atoms with van der Waals surface area (Å²) in [6.45, 7) is 4.01. The molecule has 20 heavy (non-hydrogen) atoms. The quantitative estimate of drug-likeness (QED) is 0.191. The number of aliphatic hydroxyl groups is 1. The van der Waals surface area contributed by atoms with Crippen molar-refractivity contribution in [3.05, 3.63) is 0 Å². The van der Waals surface area contributed by atoms with Crippen LogP contribution < -0.4 is 21.5 Å². The van der Waals surface area contributed by atoms with Crippen molar-refractivity contribution in [3.8, 4) is 0 Å². The molecular weight excluding hydrogens is 300 g/mol. The minimum absolute atomic E-state index is 0.199. The van der Waals surface area contributed by atoms with Crippen molar-refractivity contribution < 1.29 is 9.84 Å². The molecule has 0 aromatic heterocycles. The van der Waals surface area contributed by atoms with Crippen molar-refractivity contribution in [2.75, 3.05) is 13.6 Å². The van der Waals surface area contributed by atoms with Gasteiger partial charge in [-0.05, 0) is 38.3 Å². The Kier molecular flexibility index (Phi) is 6.71. The van der Waals surface area contributed by atoms with Gasteiger partial charge in [0.2, 0.25) is 0 Å². The molecule has 1 rings (SSSR count). The van der Waals surface area contributed by atoms with Crippen LogP contribution in [0.2, 0.25) is 0 Å². The molecule has 0 bridgehead atoms. The zero-order chi connectivity index (χ0) is 15.1. The molecular formula is C10H18N6O2S2. The SMILES string of the molecule is CNC(=S)NN=C(C)C(C)=NNC(=S)NCC1OC1O. The lowest BCUT2D eigenvalue weighted by Gasteiger charge is -2.07. The first-order chi connectivity index (χ1) is 9.43. The summed E-state index contributed by atoms with van der Waals surface area (Å²) in [5, 5.41) is 23.5. The minimum atomic E-state index is -0.688. The molecule has 2 atom stereocenters. The Labute approximate surface area is 128 Å². The highest BCUT2D eigenvalue weighted by Crippen LogP contribution is 2.16. The first-order valence-corrected chi connectivity index (χ1v) is 6.69. The van der Waals surface area contributed by atoms with Gasteiger partial charge < -0.3 is 20.5 Å². The van der Waals surface area contributed by atoms with E-state index in [0.717, 1.165) is 0 Å². The Bertz CT molecular complexity index is 439. The molecule has 8 nitrogen and oxygen atoms in total. The van der Waals surface area contributed by atoms with Crippen LogP contribution in [-0.2, 0) is 4.74 Å². The number of hydrogen-bond donors (Lipinski definition) is 5. The van der Waals surface area contributed by atoms with Gasteiger partial charge in [-0.1, -0.05) is 0 Å². The lowest BCUT2D eigenvalue weighted by atomic mass is 10.3. The third-order valence-corrected chi connectivity index (χ3v) is 2.95. The van der Waals surface area contributed by atoms with Gasteiger partial charge in [0.05, 0.1) is 11.4 Å². The average Bonchev–Trinajstić information content (AvgIpc) is 3.15. The van der Waals surface area contributed by atoms with Gasteiger partial charge in [-0.15, -0.1) is 0 Å². The first-order valence-electron chi connectivity index (χ1n) is 5.88. The van der Waals surface area contributed by atoms with E-state index in [1.165, 1.54) is 0 Å². The zero-order valence-electron chi connectivity index (χ0n) is 11.4. The predicted octanol–water partition coefficient (Wildman–Crippen LogP) is -0.987. The highest BCUT2D eigenvalue weighted by molar-refractivity contribution is 7.80. The van der Waals surface area contributed by atoms with Crippen LogP contribution in [-0.4, -0.2) is 52.7 Å². The lowest BCUT2D eigenvalue weighted by Crippen LogP contribution is -2.36. The molecule has 0 aliphatic carbocycles. The fourth-order valence-corrected chi connectivity index (χ4v) is 1.18. The van der Waals surface area contributed by atoms with Gasteiger partial charge in [0.1, 0.15) is 6.10 Å².